The van der Waals surface area contributed by atoms with E-state index in [1.165, 1.54) is 0 Å². The summed E-state index contributed by atoms with van der Waals surface area (Å²) >= 11 is 0. The second-order valence-electron chi connectivity index (χ2n) is 7.53. The van der Waals surface area contributed by atoms with Crippen LogP contribution < -0.4 is 5.32 Å². The highest BCUT2D eigenvalue weighted by atomic mass is 16.5. The molecule has 0 aliphatic carbocycles. The van der Waals surface area contributed by atoms with E-state index in [0.29, 0.717) is 42.5 Å². The second-order valence-corrected chi connectivity index (χ2v) is 7.53. The van der Waals surface area contributed by atoms with Gasteiger partial charge in [0.15, 0.2) is 5.82 Å². The van der Waals surface area contributed by atoms with Crippen LogP contribution in [0.4, 0.5) is 10.5 Å². The van der Waals surface area contributed by atoms with Crippen LogP contribution in [0.3, 0.4) is 0 Å². The van der Waals surface area contributed by atoms with Crippen LogP contribution in [0.15, 0.2) is 59.1 Å². The van der Waals surface area contributed by atoms with Gasteiger partial charge in [0.05, 0.1) is 17.7 Å². The van der Waals surface area contributed by atoms with E-state index in [2.05, 4.69) is 26.4 Å². The summed E-state index contributed by atoms with van der Waals surface area (Å²) in [6.07, 6.45) is 0.639. The van der Waals surface area contributed by atoms with Crippen molar-refractivity contribution in [1.82, 2.24) is 19.9 Å². The number of anilines is 1. The summed E-state index contributed by atoms with van der Waals surface area (Å²) in [6.45, 7) is 4.71. The Kier molecular flexibility index (Phi) is 6.24. The van der Waals surface area contributed by atoms with Gasteiger partial charge < -0.3 is 14.7 Å². The first-order valence-corrected chi connectivity index (χ1v) is 10.3. The maximum atomic E-state index is 12.5. The molecule has 8 nitrogen and oxygen atoms in total. The van der Waals surface area contributed by atoms with Crippen LogP contribution in [0, 0.1) is 11.3 Å². The number of amides is 2. The third-order valence-electron chi connectivity index (χ3n) is 5.46. The Hall–Kier alpha value is -3.70. The average molecular weight is 416 g/mol. The van der Waals surface area contributed by atoms with Crippen LogP contribution in [0.2, 0.25) is 0 Å². The summed E-state index contributed by atoms with van der Waals surface area (Å²) in [4.78, 5) is 21.1. The Morgan fingerprint density at radius 3 is 2.52 bits per heavy atom. The lowest BCUT2D eigenvalue weighted by molar-refractivity contribution is 0.104. The molecule has 0 bridgehead atoms. The van der Waals surface area contributed by atoms with E-state index in [0.717, 1.165) is 18.7 Å². The summed E-state index contributed by atoms with van der Waals surface area (Å²) in [5, 5.41) is 15.9. The number of aromatic nitrogens is 2. The summed E-state index contributed by atoms with van der Waals surface area (Å²) in [7, 11) is 0. The first-order chi connectivity index (χ1) is 15.1. The van der Waals surface area contributed by atoms with E-state index in [1.54, 1.807) is 29.2 Å². The van der Waals surface area contributed by atoms with Crippen LogP contribution in [0.25, 0.3) is 0 Å². The lowest BCUT2D eigenvalue weighted by atomic mass is 10.1. The van der Waals surface area contributed by atoms with Gasteiger partial charge in [0.2, 0.25) is 5.89 Å². The molecule has 8 heteroatoms. The van der Waals surface area contributed by atoms with Gasteiger partial charge in [-0.3, -0.25) is 4.90 Å². The van der Waals surface area contributed by atoms with E-state index < -0.39 is 0 Å². The van der Waals surface area contributed by atoms with Crippen molar-refractivity contribution in [3.63, 3.8) is 0 Å². The monoisotopic (exact) mass is 416 g/mol. The van der Waals surface area contributed by atoms with Crippen molar-refractivity contribution in [1.29, 1.82) is 5.26 Å². The highest BCUT2D eigenvalue weighted by Gasteiger charge is 2.27. The number of benzene rings is 2. The van der Waals surface area contributed by atoms with Crippen molar-refractivity contribution < 1.29 is 9.32 Å². The smallest absolute Gasteiger partial charge is 0.321 e. The molecular formula is C23H24N6O2. The number of rotatable bonds is 5. The van der Waals surface area contributed by atoms with Crippen LogP contribution >= 0.6 is 0 Å². The lowest BCUT2D eigenvalue weighted by Gasteiger charge is -2.36. The van der Waals surface area contributed by atoms with Gasteiger partial charge in [0.25, 0.3) is 0 Å². The Morgan fingerprint density at radius 1 is 1.13 bits per heavy atom. The number of nitrogens with one attached hydrogen (secondary N) is 1. The predicted molar refractivity (Wildman–Crippen MR) is 115 cm³/mol. The van der Waals surface area contributed by atoms with Crippen LogP contribution in [0.1, 0.15) is 35.8 Å². The highest BCUT2D eigenvalue weighted by Crippen LogP contribution is 2.21. The van der Waals surface area contributed by atoms with Crippen LogP contribution in [-0.2, 0) is 6.42 Å². The van der Waals surface area contributed by atoms with Crippen molar-refractivity contribution in [3.8, 4) is 6.07 Å². The molecule has 1 atom stereocenters. The standard InChI is InChI=1S/C23H24N6O2/c1-17(22-26-21(27-31-22)15-18-5-3-2-4-6-18)28-11-13-29(14-12-28)23(30)25-20-9-7-19(16-24)8-10-20/h2-10,17H,11-15H2,1H3,(H,25,30)/t17-/m1/s1. The summed E-state index contributed by atoms with van der Waals surface area (Å²) in [6, 6.07) is 18.8. The molecule has 3 aromatic rings. The summed E-state index contributed by atoms with van der Waals surface area (Å²) in [5.41, 5.74) is 2.38. The SMILES string of the molecule is C[C@H](c1nc(Cc2ccccc2)no1)N1CCN(C(=O)Nc2ccc(C#N)cc2)CC1. The fraction of sp³-hybridized carbons (Fsp3) is 0.304. The maximum absolute atomic E-state index is 12.5. The van der Waals surface area contributed by atoms with Crippen LogP contribution in [0.5, 0.6) is 0 Å². The van der Waals surface area contributed by atoms with Crippen molar-refractivity contribution in [3.05, 3.63) is 77.4 Å². The number of carbonyl (C=O) groups excluding carboxylic acids is 1. The zero-order chi connectivity index (χ0) is 21.6. The average Bonchev–Trinajstić information content (AvgIpc) is 3.28. The Morgan fingerprint density at radius 2 is 1.84 bits per heavy atom. The quantitative estimate of drug-likeness (QED) is 0.684. The molecule has 0 unspecified atom stereocenters. The number of piperazine rings is 1. The molecule has 1 saturated heterocycles. The van der Waals surface area contributed by atoms with Crippen molar-refractivity contribution >= 4 is 11.7 Å². The number of urea groups is 1. The molecule has 158 valence electrons. The Labute approximate surface area is 181 Å². The second kappa shape index (κ2) is 9.41. The largest absolute Gasteiger partial charge is 0.338 e. The first-order valence-electron chi connectivity index (χ1n) is 10.3. The van der Waals surface area contributed by atoms with Crippen molar-refractivity contribution in [2.75, 3.05) is 31.5 Å². The fourth-order valence-electron chi connectivity index (χ4n) is 3.59. The summed E-state index contributed by atoms with van der Waals surface area (Å²) in [5.74, 6) is 1.27. The molecule has 1 aliphatic heterocycles. The lowest BCUT2D eigenvalue weighted by Crippen LogP contribution is -2.50. The zero-order valence-electron chi connectivity index (χ0n) is 17.4. The van der Waals surface area contributed by atoms with E-state index in [4.69, 9.17) is 9.78 Å². The van der Waals surface area contributed by atoms with Gasteiger partial charge in [0.1, 0.15) is 0 Å². The van der Waals surface area contributed by atoms with Gasteiger partial charge in [-0.2, -0.15) is 10.2 Å². The third kappa shape index (κ3) is 5.08. The van der Waals surface area contributed by atoms with Gasteiger partial charge >= 0.3 is 6.03 Å². The van der Waals surface area contributed by atoms with Crippen molar-refractivity contribution in [2.45, 2.75) is 19.4 Å². The summed E-state index contributed by atoms with van der Waals surface area (Å²) < 4.78 is 5.51. The number of hydrogen-bond acceptors (Lipinski definition) is 6. The minimum atomic E-state index is -0.139. The Bertz CT molecular complexity index is 1050. The van der Waals surface area contributed by atoms with Gasteiger partial charge in [-0.25, -0.2) is 4.79 Å². The topological polar surface area (TPSA) is 98.3 Å². The highest BCUT2D eigenvalue weighted by molar-refractivity contribution is 5.89. The van der Waals surface area contributed by atoms with E-state index in [-0.39, 0.29) is 12.1 Å². The normalized spacial score (nSPS) is 15.3. The van der Waals surface area contributed by atoms with Gasteiger partial charge in [-0.05, 0) is 36.8 Å². The van der Waals surface area contributed by atoms with Gasteiger partial charge in [0, 0.05) is 38.3 Å². The van der Waals surface area contributed by atoms with Gasteiger partial charge in [-0.15, -0.1) is 0 Å². The molecule has 2 aromatic carbocycles. The van der Waals surface area contributed by atoms with Gasteiger partial charge in [-0.1, -0.05) is 35.5 Å². The van der Waals surface area contributed by atoms with Crippen LogP contribution in [-0.4, -0.2) is 52.2 Å². The minimum absolute atomic E-state index is 0.0132. The van der Waals surface area contributed by atoms with E-state index in [9.17, 15) is 4.79 Å². The minimum Gasteiger partial charge on any atom is -0.338 e. The maximum Gasteiger partial charge on any atom is 0.321 e. The number of carbonyl (C=O) groups is 1. The molecule has 1 fully saturated rings. The number of nitrogens with zero attached hydrogens (tertiary/aromatic N) is 5. The first kappa shape index (κ1) is 20.6. The van der Waals surface area contributed by atoms with Crippen molar-refractivity contribution in [2.24, 2.45) is 0 Å². The molecule has 4 rings (SSSR count). The molecule has 1 aromatic heterocycles. The third-order valence-corrected chi connectivity index (χ3v) is 5.46. The Balaban J connectivity index is 1.29. The van der Waals surface area contributed by atoms with E-state index >= 15 is 0 Å². The number of nitriles is 1. The zero-order valence-corrected chi connectivity index (χ0v) is 17.4. The molecule has 1 N–H and O–H groups in total. The predicted octanol–water partition coefficient (Wildman–Crippen LogP) is 3.44. The molecule has 2 heterocycles. The molecule has 0 spiro atoms. The van der Waals surface area contributed by atoms with E-state index in [1.807, 2.05) is 37.3 Å². The molecule has 0 saturated carbocycles. The fourth-order valence-corrected chi connectivity index (χ4v) is 3.59. The molecular weight excluding hydrogens is 392 g/mol. The molecule has 0 radical (unpaired) electrons. The molecule has 2 amide bonds. The molecule has 31 heavy (non-hydrogen) atoms. The molecule has 1 aliphatic rings. The number of hydrogen-bond donors (Lipinski definition) is 1.